The fraction of sp³-hybridized carbons (Fsp3) is 0.167. The second kappa shape index (κ2) is 7.06. The van der Waals surface area contributed by atoms with E-state index < -0.39 is 0 Å². The molecule has 25 heavy (non-hydrogen) atoms. The Morgan fingerprint density at radius 2 is 2.12 bits per heavy atom. The summed E-state index contributed by atoms with van der Waals surface area (Å²) in [6, 6.07) is 9.40. The van der Waals surface area contributed by atoms with Gasteiger partial charge in [-0.05, 0) is 43.7 Å². The molecule has 1 amide bonds. The molecule has 2 heterocycles. The maximum Gasteiger partial charge on any atom is 0.290 e. The number of nitrogens with zero attached hydrogens (tertiary/aromatic N) is 3. The van der Waals surface area contributed by atoms with Gasteiger partial charge in [0.25, 0.3) is 5.91 Å². The summed E-state index contributed by atoms with van der Waals surface area (Å²) >= 11 is 3.41. The van der Waals surface area contributed by atoms with Crippen molar-refractivity contribution in [1.29, 1.82) is 0 Å². The van der Waals surface area contributed by atoms with E-state index in [4.69, 9.17) is 4.74 Å². The molecule has 0 saturated heterocycles. The van der Waals surface area contributed by atoms with Gasteiger partial charge in [0.15, 0.2) is 0 Å². The molecule has 3 rings (SSSR count). The predicted molar refractivity (Wildman–Crippen MR) is 100 cm³/mol. The summed E-state index contributed by atoms with van der Waals surface area (Å²) < 4.78 is 7.95. The number of hydrogen-bond donors (Lipinski definition) is 1. The van der Waals surface area contributed by atoms with Crippen LogP contribution in [0.1, 0.15) is 27.3 Å². The van der Waals surface area contributed by atoms with Crippen molar-refractivity contribution in [3.8, 4) is 5.75 Å². The molecule has 0 atom stereocenters. The van der Waals surface area contributed by atoms with Gasteiger partial charge in [0.05, 0.1) is 19.0 Å². The number of hydrazone groups is 1. The maximum atomic E-state index is 12.5. The molecule has 1 aromatic carbocycles. The lowest BCUT2D eigenvalue weighted by Crippen LogP contribution is -2.20. The Balaban J connectivity index is 1.85. The zero-order chi connectivity index (χ0) is 18.0. The summed E-state index contributed by atoms with van der Waals surface area (Å²) in [6.45, 7) is 3.77. The minimum atomic E-state index is -0.319. The second-order valence-electron chi connectivity index (χ2n) is 5.57. The van der Waals surface area contributed by atoms with Crippen LogP contribution in [-0.2, 0) is 0 Å². The van der Waals surface area contributed by atoms with Crippen molar-refractivity contribution < 1.29 is 9.53 Å². The number of halogens is 1. The molecule has 6 nitrogen and oxygen atoms in total. The van der Waals surface area contributed by atoms with E-state index in [1.54, 1.807) is 24.6 Å². The third-order valence-electron chi connectivity index (χ3n) is 3.72. The molecule has 0 unspecified atom stereocenters. The Labute approximate surface area is 153 Å². The molecule has 0 aliphatic rings. The zero-order valence-electron chi connectivity index (χ0n) is 14.1. The molecule has 3 aromatic rings. The lowest BCUT2D eigenvalue weighted by Gasteiger charge is -2.05. The number of pyridine rings is 1. The first kappa shape index (κ1) is 17.2. The van der Waals surface area contributed by atoms with Crippen molar-refractivity contribution in [3.05, 3.63) is 63.5 Å². The largest absolute Gasteiger partial charge is 0.496 e. The summed E-state index contributed by atoms with van der Waals surface area (Å²) in [5, 5.41) is 4.05. The van der Waals surface area contributed by atoms with Crippen LogP contribution in [0.2, 0.25) is 0 Å². The number of rotatable bonds is 4. The summed E-state index contributed by atoms with van der Waals surface area (Å²) in [5.74, 6) is 0.351. The van der Waals surface area contributed by atoms with Gasteiger partial charge in [-0.15, -0.1) is 0 Å². The van der Waals surface area contributed by atoms with Gasteiger partial charge < -0.3 is 4.74 Å². The number of nitrogens with one attached hydrogen (secondary N) is 1. The Hall–Kier alpha value is -2.67. The minimum absolute atomic E-state index is 0.319. The van der Waals surface area contributed by atoms with Gasteiger partial charge in [-0.25, -0.2) is 10.4 Å². The van der Waals surface area contributed by atoms with Crippen LogP contribution in [0.4, 0.5) is 0 Å². The SMILES string of the molecule is COc1ccc(Br)cc1/C=N\NC(=O)c1c(C)nc2ccc(C)cn12. The highest BCUT2D eigenvalue weighted by molar-refractivity contribution is 9.10. The molecule has 128 valence electrons. The highest BCUT2D eigenvalue weighted by Crippen LogP contribution is 2.21. The lowest BCUT2D eigenvalue weighted by molar-refractivity contribution is 0.0948. The van der Waals surface area contributed by atoms with Gasteiger partial charge in [-0.1, -0.05) is 22.0 Å². The maximum absolute atomic E-state index is 12.5. The van der Waals surface area contributed by atoms with Gasteiger partial charge in [0.1, 0.15) is 17.1 Å². The quantitative estimate of drug-likeness (QED) is 0.538. The van der Waals surface area contributed by atoms with Gasteiger partial charge >= 0.3 is 0 Å². The van der Waals surface area contributed by atoms with Crippen molar-refractivity contribution in [2.75, 3.05) is 7.11 Å². The summed E-state index contributed by atoms with van der Waals surface area (Å²) in [4.78, 5) is 16.9. The average Bonchev–Trinajstić information content (AvgIpc) is 2.90. The average molecular weight is 401 g/mol. The first-order chi connectivity index (χ1) is 12.0. The topological polar surface area (TPSA) is 68.0 Å². The Morgan fingerprint density at radius 3 is 2.88 bits per heavy atom. The second-order valence-corrected chi connectivity index (χ2v) is 6.48. The van der Waals surface area contributed by atoms with Crippen LogP contribution in [0.25, 0.3) is 5.65 Å². The number of imidazole rings is 1. The van der Waals surface area contributed by atoms with E-state index in [9.17, 15) is 4.79 Å². The van der Waals surface area contributed by atoms with E-state index >= 15 is 0 Å². The number of hydrogen-bond acceptors (Lipinski definition) is 4. The van der Waals surface area contributed by atoms with Gasteiger partial charge in [0, 0.05) is 16.2 Å². The normalized spacial score (nSPS) is 11.2. The monoisotopic (exact) mass is 400 g/mol. The predicted octanol–water partition coefficient (Wildman–Crippen LogP) is 3.49. The Bertz CT molecular complexity index is 979. The number of methoxy groups -OCH3 is 1. The van der Waals surface area contributed by atoms with Gasteiger partial charge in [0.2, 0.25) is 0 Å². The van der Waals surface area contributed by atoms with Crippen molar-refractivity contribution in [1.82, 2.24) is 14.8 Å². The van der Waals surface area contributed by atoms with Crippen molar-refractivity contribution in [2.24, 2.45) is 5.10 Å². The number of carbonyl (C=O) groups excluding carboxylic acids is 1. The molecule has 7 heteroatoms. The van der Waals surface area contributed by atoms with Crippen molar-refractivity contribution in [2.45, 2.75) is 13.8 Å². The van der Waals surface area contributed by atoms with Crippen LogP contribution in [0, 0.1) is 13.8 Å². The van der Waals surface area contributed by atoms with E-state index in [2.05, 4.69) is 31.4 Å². The van der Waals surface area contributed by atoms with Crippen LogP contribution in [-0.4, -0.2) is 28.6 Å². The first-order valence-electron chi connectivity index (χ1n) is 7.62. The Morgan fingerprint density at radius 1 is 1.32 bits per heavy atom. The van der Waals surface area contributed by atoms with E-state index in [0.29, 0.717) is 17.1 Å². The number of amides is 1. The fourth-order valence-corrected chi connectivity index (χ4v) is 2.94. The van der Waals surface area contributed by atoms with E-state index in [1.807, 2.05) is 43.5 Å². The van der Waals surface area contributed by atoms with Crippen LogP contribution in [0.15, 0.2) is 46.1 Å². The molecule has 0 radical (unpaired) electrons. The van der Waals surface area contributed by atoms with Crippen LogP contribution >= 0.6 is 15.9 Å². The first-order valence-corrected chi connectivity index (χ1v) is 8.41. The molecule has 0 aliphatic carbocycles. The number of fused-ring (bicyclic) bond motifs is 1. The summed E-state index contributed by atoms with van der Waals surface area (Å²) in [7, 11) is 1.59. The minimum Gasteiger partial charge on any atom is -0.496 e. The number of aryl methyl sites for hydroxylation is 2. The molecule has 0 bridgehead atoms. The standard InChI is InChI=1S/C18H17BrN4O2/c1-11-4-7-16-21-12(2)17(23(16)10-11)18(24)22-20-9-13-8-14(19)5-6-15(13)25-3/h4-10H,1-3H3,(H,22,24)/b20-9-. The highest BCUT2D eigenvalue weighted by Gasteiger charge is 2.16. The fourth-order valence-electron chi connectivity index (χ4n) is 2.56. The van der Waals surface area contributed by atoms with Gasteiger partial charge in [-0.2, -0.15) is 5.10 Å². The number of benzene rings is 1. The number of carbonyl (C=O) groups is 1. The molecule has 0 aliphatic heterocycles. The zero-order valence-corrected chi connectivity index (χ0v) is 15.7. The molecular formula is C18H17BrN4O2. The van der Waals surface area contributed by atoms with E-state index in [1.165, 1.54) is 0 Å². The third-order valence-corrected chi connectivity index (χ3v) is 4.21. The highest BCUT2D eigenvalue weighted by atomic mass is 79.9. The van der Waals surface area contributed by atoms with Gasteiger partial charge in [-0.3, -0.25) is 9.20 Å². The molecule has 0 saturated carbocycles. The summed E-state index contributed by atoms with van der Waals surface area (Å²) in [6.07, 6.45) is 3.43. The van der Waals surface area contributed by atoms with E-state index in [-0.39, 0.29) is 5.91 Å². The number of ether oxygens (including phenoxy) is 1. The van der Waals surface area contributed by atoms with Crippen molar-refractivity contribution in [3.63, 3.8) is 0 Å². The van der Waals surface area contributed by atoms with Crippen LogP contribution < -0.4 is 10.2 Å². The smallest absolute Gasteiger partial charge is 0.290 e. The summed E-state index contributed by atoms with van der Waals surface area (Å²) in [5.41, 5.74) is 6.20. The lowest BCUT2D eigenvalue weighted by atomic mass is 10.2. The molecule has 2 aromatic heterocycles. The molecule has 0 spiro atoms. The molecular weight excluding hydrogens is 384 g/mol. The van der Waals surface area contributed by atoms with Crippen LogP contribution in [0.5, 0.6) is 5.75 Å². The third kappa shape index (κ3) is 3.56. The van der Waals surface area contributed by atoms with Crippen LogP contribution in [0.3, 0.4) is 0 Å². The van der Waals surface area contributed by atoms with E-state index in [0.717, 1.165) is 21.2 Å². The number of aromatic nitrogens is 2. The Kier molecular flexibility index (Phi) is 4.85. The molecule has 1 N–H and O–H groups in total. The van der Waals surface area contributed by atoms with Crippen molar-refractivity contribution >= 4 is 33.7 Å². The molecule has 0 fully saturated rings.